The van der Waals surface area contributed by atoms with Gasteiger partial charge in [-0.3, -0.25) is 0 Å². The van der Waals surface area contributed by atoms with Gasteiger partial charge < -0.3 is 10.1 Å². The third kappa shape index (κ3) is 2.11. The number of aryl methyl sites for hydroxylation is 1. The summed E-state index contributed by atoms with van der Waals surface area (Å²) in [4.78, 5) is 16.3. The summed E-state index contributed by atoms with van der Waals surface area (Å²) in [5.41, 5.74) is 0.385. The molecule has 7 heteroatoms. The summed E-state index contributed by atoms with van der Waals surface area (Å²) in [5.74, 6) is 1.36. The van der Waals surface area contributed by atoms with Crippen LogP contribution in [0.3, 0.4) is 0 Å². The molecule has 1 aromatic rings. The van der Waals surface area contributed by atoms with Gasteiger partial charge in [-0.1, -0.05) is 11.6 Å². The van der Waals surface area contributed by atoms with E-state index in [0.29, 0.717) is 29.9 Å². The molecule has 2 heterocycles. The molecule has 0 saturated heterocycles. The maximum atomic E-state index is 5.97. The van der Waals surface area contributed by atoms with Gasteiger partial charge in [0.15, 0.2) is 10.8 Å². The van der Waals surface area contributed by atoms with Crippen LogP contribution in [0.1, 0.15) is 5.82 Å². The van der Waals surface area contributed by atoms with Crippen molar-refractivity contribution < 1.29 is 4.74 Å². The highest BCUT2D eigenvalue weighted by atomic mass is 35.5. The Morgan fingerprint density at radius 3 is 2.94 bits per heavy atom. The Labute approximate surface area is 97.4 Å². The lowest BCUT2D eigenvalue weighted by Crippen LogP contribution is -2.15. The number of nitrogens with zero attached hydrogens (tertiary/aromatic N) is 4. The van der Waals surface area contributed by atoms with E-state index in [4.69, 9.17) is 16.3 Å². The third-order valence-corrected chi connectivity index (χ3v) is 2.16. The second-order valence-electron chi connectivity index (χ2n) is 3.05. The van der Waals surface area contributed by atoms with Gasteiger partial charge in [0.2, 0.25) is 11.8 Å². The first-order chi connectivity index (χ1) is 7.70. The first kappa shape index (κ1) is 10.8. The fraction of sp³-hybridized carbons (Fsp3) is 0.333. The summed E-state index contributed by atoms with van der Waals surface area (Å²) in [7, 11) is 1.51. The van der Waals surface area contributed by atoms with E-state index in [1.165, 1.54) is 7.11 Å². The van der Waals surface area contributed by atoms with Crippen molar-refractivity contribution >= 4 is 29.5 Å². The molecule has 1 aliphatic heterocycles. The first-order valence-electron chi connectivity index (χ1n) is 4.64. The normalized spacial score (nSPS) is 16.6. The van der Waals surface area contributed by atoms with Crippen molar-refractivity contribution in [2.45, 2.75) is 6.92 Å². The lowest BCUT2D eigenvalue weighted by molar-refractivity contribution is 0.397. The maximum absolute atomic E-state index is 5.97. The molecule has 0 fully saturated rings. The van der Waals surface area contributed by atoms with Crippen molar-refractivity contribution in [1.29, 1.82) is 0 Å². The van der Waals surface area contributed by atoms with Crippen LogP contribution in [0.4, 0.5) is 5.69 Å². The van der Waals surface area contributed by atoms with Crippen molar-refractivity contribution in [2.24, 2.45) is 9.98 Å². The number of methoxy groups -OCH3 is 1. The Bertz CT molecular complexity index is 471. The maximum Gasteiger partial charge on any atom is 0.244 e. The number of hydrogen-bond donors (Lipinski definition) is 1. The molecule has 0 aliphatic carbocycles. The van der Waals surface area contributed by atoms with E-state index in [2.05, 4.69) is 25.3 Å². The fourth-order valence-corrected chi connectivity index (χ4v) is 1.48. The second kappa shape index (κ2) is 4.44. The first-order valence-corrected chi connectivity index (χ1v) is 5.01. The summed E-state index contributed by atoms with van der Waals surface area (Å²) < 4.78 is 5.09. The Morgan fingerprint density at radius 2 is 2.31 bits per heavy atom. The van der Waals surface area contributed by atoms with Crippen LogP contribution in [0.15, 0.2) is 9.98 Å². The SMILES string of the molecule is COc1nc(C)nc(Cl)c1N=C1N=CCN1. The molecule has 0 radical (unpaired) electrons. The lowest BCUT2D eigenvalue weighted by atomic mass is 10.5. The number of nitrogens with one attached hydrogen (secondary N) is 1. The lowest BCUT2D eigenvalue weighted by Gasteiger charge is -2.06. The summed E-state index contributed by atoms with van der Waals surface area (Å²) in [6.07, 6.45) is 1.72. The van der Waals surface area contributed by atoms with Crippen LogP contribution in [0.25, 0.3) is 0 Å². The number of halogens is 1. The van der Waals surface area contributed by atoms with Crippen LogP contribution >= 0.6 is 11.6 Å². The number of ether oxygens (including phenoxy) is 1. The van der Waals surface area contributed by atoms with Gasteiger partial charge in [-0.15, -0.1) is 0 Å². The largest absolute Gasteiger partial charge is 0.479 e. The minimum Gasteiger partial charge on any atom is -0.479 e. The summed E-state index contributed by atoms with van der Waals surface area (Å²) in [6, 6.07) is 0. The highest BCUT2D eigenvalue weighted by molar-refractivity contribution is 6.32. The molecule has 0 bridgehead atoms. The molecule has 0 unspecified atom stereocenters. The number of aliphatic imine (C=N–C) groups is 2. The van der Waals surface area contributed by atoms with Crippen molar-refractivity contribution in [3.05, 3.63) is 11.0 Å². The van der Waals surface area contributed by atoms with Crippen LogP contribution in [0.5, 0.6) is 5.88 Å². The van der Waals surface area contributed by atoms with Crippen LogP contribution in [-0.4, -0.2) is 35.8 Å². The average molecular weight is 240 g/mol. The number of guanidine groups is 1. The van der Waals surface area contributed by atoms with Crippen LogP contribution in [0.2, 0.25) is 5.15 Å². The number of aromatic nitrogens is 2. The molecule has 1 aliphatic rings. The molecular weight excluding hydrogens is 230 g/mol. The molecule has 16 heavy (non-hydrogen) atoms. The van der Waals surface area contributed by atoms with Gasteiger partial charge in [-0.2, -0.15) is 4.98 Å². The second-order valence-corrected chi connectivity index (χ2v) is 3.41. The van der Waals surface area contributed by atoms with E-state index in [1.54, 1.807) is 13.1 Å². The number of rotatable bonds is 2. The predicted octanol–water partition coefficient (Wildman–Crippen LogP) is 1.11. The minimum atomic E-state index is 0.251. The van der Waals surface area contributed by atoms with Gasteiger partial charge in [0, 0.05) is 6.21 Å². The zero-order valence-corrected chi connectivity index (χ0v) is 9.62. The third-order valence-electron chi connectivity index (χ3n) is 1.90. The van der Waals surface area contributed by atoms with Gasteiger partial charge in [0.25, 0.3) is 0 Å². The zero-order chi connectivity index (χ0) is 11.5. The molecule has 0 atom stereocenters. The molecule has 1 N–H and O–H groups in total. The Morgan fingerprint density at radius 1 is 1.50 bits per heavy atom. The van der Waals surface area contributed by atoms with Gasteiger partial charge in [0.1, 0.15) is 5.82 Å². The molecule has 2 rings (SSSR count). The summed E-state index contributed by atoms with van der Waals surface area (Å²) in [6.45, 7) is 2.39. The van der Waals surface area contributed by atoms with E-state index in [0.717, 1.165) is 0 Å². The quantitative estimate of drug-likeness (QED) is 0.785. The molecule has 84 valence electrons. The van der Waals surface area contributed by atoms with Crippen LogP contribution in [0, 0.1) is 6.92 Å². The molecule has 6 nitrogen and oxygen atoms in total. The molecule has 0 spiro atoms. The minimum absolute atomic E-state index is 0.251. The summed E-state index contributed by atoms with van der Waals surface area (Å²) in [5, 5.41) is 3.21. The van der Waals surface area contributed by atoms with E-state index in [-0.39, 0.29) is 5.15 Å². The van der Waals surface area contributed by atoms with Crippen molar-refractivity contribution in [3.63, 3.8) is 0 Å². The van der Waals surface area contributed by atoms with E-state index >= 15 is 0 Å². The van der Waals surface area contributed by atoms with Gasteiger partial charge in [-0.05, 0) is 6.92 Å². The number of hydrogen-bond acceptors (Lipinski definition) is 4. The molecule has 0 amide bonds. The van der Waals surface area contributed by atoms with E-state index in [1.807, 2.05) is 0 Å². The molecule has 0 saturated carbocycles. The average Bonchev–Trinajstić information content (AvgIpc) is 2.74. The van der Waals surface area contributed by atoms with Crippen LogP contribution in [-0.2, 0) is 0 Å². The van der Waals surface area contributed by atoms with Gasteiger partial charge in [0.05, 0.1) is 13.7 Å². The monoisotopic (exact) mass is 239 g/mol. The summed E-state index contributed by atoms with van der Waals surface area (Å²) >= 11 is 5.97. The van der Waals surface area contributed by atoms with Crippen molar-refractivity contribution in [2.75, 3.05) is 13.7 Å². The standard InChI is InChI=1S/C9H10ClN5O/c1-5-13-7(10)6(8(14-5)16-2)15-9-11-3-4-12-9/h3H,4H2,1-2H3,(H,12,15). The van der Waals surface area contributed by atoms with E-state index < -0.39 is 0 Å². The highest BCUT2D eigenvalue weighted by Crippen LogP contribution is 2.32. The Kier molecular flexibility index (Phi) is 3.00. The Hall–Kier alpha value is -1.69. The van der Waals surface area contributed by atoms with Crippen LogP contribution < -0.4 is 10.1 Å². The predicted molar refractivity (Wildman–Crippen MR) is 61.9 cm³/mol. The molecular formula is C9H10ClN5O. The van der Waals surface area contributed by atoms with E-state index in [9.17, 15) is 0 Å². The van der Waals surface area contributed by atoms with Crippen molar-refractivity contribution in [1.82, 2.24) is 15.3 Å². The smallest absolute Gasteiger partial charge is 0.244 e. The fourth-order valence-electron chi connectivity index (χ4n) is 1.23. The highest BCUT2D eigenvalue weighted by Gasteiger charge is 2.13. The zero-order valence-electron chi connectivity index (χ0n) is 8.86. The van der Waals surface area contributed by atoms with Crippen molar-refractivity contribution in [3.8, 4) is 5.88 Å². The molecule has 1 aromatic heterocycles. The molecule has 0 aromatic carbocycles. The topological polar surface area (TPSA) is 71.8 Å². The van der Waals surface area contributed by atoms with Gasteiger partial charge in [-0.25, -0.2) is 15.0 Å². The Balaban J connectivity index is 2.46. The van der Waals surface area contributed by atoms with Gasteiger partial charge >= 0.3 is 0 Å².